The Morgan fingerprint density at radius 2 is 2.27 bits per heavy atom. The monoisotopic (exact) mass is 203 g/mol. The van der Waals surface area contributed by atoms with Gasteiger partial charge in [-0.1, -0.05) is 24.3 Å². The molecule has 1 fully saturated rings. The van der Waals surface area contributed by atoms with E-state index in [1.165, 1.54) is 18.4 Å². The summed E-state index contributed by atoms with van der Waals surface area (Å²) in [6.07, 6.45) is 6.58. The lowest BCUT2D eigenvalue weighted by Gasteiger charge is -2.08. The van der Waals surface area contributed by atoms with Crippen LogP contribution in [-0.2, 0) is 0 Å². The second-order valence-electron chi connectivity index (χ2n) is 3.91. The molecule has 0 heterocycles. The molecule has 0 amide bonds. The smallest absolute Gasteiger partial charge is 0.122 e. The van der Waals surface area contributed by atoms with Crippen molar-refractivity contribution < 1.29 is 4.74 Å². The third-order valence-electron chi connectivity index (χ3n) is 2.72. The molecule has 80 valence electrons. The molecule has 0 aromatic heterocycles. The van der Waals surface area contributed by atoms with E-state index in [1.807, 2.05) is 12.2 Å². The van der Waals surface area contributed by atoms with Crippen molar-refractivity contribution in [1.82, 2.24) is 0 Å². The number of benzene rings is 1. The van der Waals surface area contributed by atoms with Crippen LogP contribution in [0, 0.1) is 0 Å². The summed E-state index contributed by atoms with van der Waals surface area (Å²) in [6, 6.07) is 6.38. The van der Waals surface area contributed by atoms with Crippen LogP contribution in [0.4, 0.5) is 0 Å². The fraction of sp³-hybridized carbons (Fsp3) is 0.385. The lowest BCUT2D eigenvalue weighted by atomic mass is 10.1. The van der Waals surface area contributed by atoms with E-state index in [2.05, 4.69) is 18.2 Å². The number of hydrogen-bond donors (Lipinski definition) is 1. The zero-order valence-corrected chi connectivity index (χ0v) is 9.07. The van der Waals surface area contributed by atoms with Crippen LogP contribution in [0.25, 0.3) is 6.08 Å². The van der Waals surface area contributed by atoms with E-state index in [-0.39, 0.29) is 0 Å². The highest BCUT2D eigenvalue weighted by atomic mass is 16.5. The van der Waals surface area contributed by atoms with Gasteiger partial charge in [0.1, 0.15) is 5.75 Å². The van der Waals surface area contributed by atoms with E-state index in [4.69, 9.17) is 10.5 Å². The van der Waals surface area contributed by atoms with Gasteiger partial charge >= 0.3 is 0 Å². The molecule has 1 saturated carbocycles. The van der Waals surface area contributed by atoms with Gasteiger partial charge in [0.25, 0.3) is 0 Å². The molecule has 0 atom stereocenters. The average Bonchev–Trinajstić information content (AvgIpc) is 3.09. The maximum absolute atomic E-state index is 5.42. The highest BCUT2D eigenvalue weighted by Crippen LogP contribution is 2.44. The molecule has 1 aromatic carbocycles. The van der Waals surface area contributed by atoms with Crippen molar-refractivity contribution >= 4 is 6.08 Å². The second kappa shape index (κ2) is 4.49. The summed E-state index contributed by atoms with van der Waals surface area (Å²) in [5, 5.41) is 0. The van der Waals surface area contributed by atoms with Crippen LogP contribution in [-0.4, -0.2) is 13.7 Å². The molecule has 2 rings (SSSR count). The van der Waals surface area contributed by atoms with Gasteiger partial charge in [0.05, 0.1) is 7.11 Å². The minimum atomic E-state index is 0.576. The third kappa shape index (κ3) is 2.39. The van der Waals surface area contributed by atoms with Crippen molar-refractivity contribution in [3.8, 4) is 5.75 Å². The molecule has 15 heavy (non-hydrogen) atoms. The number of hydrogen-bond acceptors (Lipinski definition) is 2. The molecule has 0 radical (unpaired) electrons. The van der Waals surface area contributed by atoms with E-state index in [0.717, 1.165) is 17.2 Å². The van der Waals surface area contributed by atoms with Crippen LogP contribution >= 0.6 is 0 Å². The van der Waals surface area contributed by atoms with Crippen molar-refractivity contribution in [1.29, 1.82) is 0 Å². The summed E-state index contributed by atoms with van der Waals surface area (Å²) >= 11 is 0. The molecule has 2 heteroatoms. The van der Waals surface area contributed by atoms with Gasteiger partial charge in [-0.2, -0.15) is 0 Å². The van der Waals surface area contributed by atoms with Gasteiger partial charge in [0.2, 0.25) is 0 Å². The van der Waals surface area contributed by atoms with Gasteiger partial charge in [-0.3, -0.25) is 0 Å². The maximum atomic E-state index is 5.42. The van der Waals surface area contributed by atoms with Crippen molar-refractivity contribution in [2.45, 2.75) is 18.8 Å². The van der Waals surface area contributed by atoms with Crippen LogP contribution in [0.5, 0.6) is 5.75 Å². The molecular weight excluding hydrogens is 186 g/mol. The minimum absolute atomic E-state index is 0.576. The van der Waals surface area contributed by atoms with Crippen LogP contribution in [0.3, 0.4) is 0 Å². The molecule has 1 aromatic rings. The Bertz CT molecular complexity index is 367. The van der Waals surface area contributed by atoms with Gasteiger partial charge in [-0.25, -0.2) is 0 Å². The lowest BCUT2D eigenvalue weighted by molar-refractivity contribution is 0.409. The highest BCUT2D eigenvalue weighted by molar-refractivity contribution is 5.55. The van der Waals surface area contributed by atoms with Crippen molar-refractivity contribution in [2.75, 3.05) is 13.7 Å². The molecule has 0 aliphatic heterocycles. The van der Waals surface area contributed by atoms with Gasteiger partial charge < -0.3 is 10.5 Å². The summed E-state index contributed by atoms with van der Waals surface area (Å²) in [7, 11) is 1.73. The third-order valence-corrected chi connectivity index (χ3v) is 2.72. The Hall–Kier alpha value is -1.28. The Morgan fingerprint density at radius 1 is 1.47 bits per heavy atom. The maximum Gasteiger partial charge on any atom is 0.122 e. The summed E-state index contributed by atoms with van der Waals surface area (Å²) in [6.45, 7) is 0.576. The first-order chi connectivity index (χ1) is 7.35. The molecular formula is C13H17NO. The molecule has 0 saturated heterocycles. The average molecular weight is 203 g/mol. The quantitative estimate of drug-likeness (QED) is 0.816. The first-order valence-electron chi connectivity index (χ1n) is 5.39. The molecule has 0 spiro atoms. The van der Waals surface area contributed by atoms with Gasteiger partial charge in [-0.05, 0) is 36.0 Å². The topological polar surface area (TPSA) is 35.2 Å². The van der Waals surface area contributed by atoms with E-state index in [0.29, 0.717) is 6.54 Å². The van der Waals surface area contributed by atoms with Crippen molar-refractivity contribution in [3.63, 3.8) is 0 Å². The second-order valence-corrected chi connectivity index (χ2v) is 3.91. The first kappa shape index (κ1) is 10.2. The summed E-state index contributed by atoms with van der Waals surface area (Å²) < 4.78 is 5.40. The highest BCUT2D eigenvalue weighted by Gasteiger charge is 2.26. The van der Waals surface area contributed by atoms with E-state index < -0.39 is 0 Å². The molecule has 0 unspecified atom stereocenters. The molecule has 2 nitrogen and oxygen atoms in total. The number of methoxy groups -OCH3 is 1. The number of nitrogens with two attached hydrogens (primary N) is 1. The standard InChI is InChI=1S/C13H17NO/c1-15-13-9-10(3-2-8-14)4-7-12(13)11-5-6-11/h2-4,7,9,11H,5-6,8,14H2,1H3/b3-2+. The van der Waals surface area contributed by atoms with Crippen LogP contribution in [0.2, 0.25) is 0 Å². The fourth-order valence-corrected chi connectivity index (χ4v) is 1.77. The normalized spacial score (nSPS) is 15.9. The van der Waals surface area contributed by atoms with Gasteiger partial charge in [0.15, 0.2) is 0 Å². The summed E-state index contributed by atoms with van der Waals surface area (Å²) in [5.74, 6) is 1.74. The van der Waals surface area contributed by atoms with E-state index in [9.17, 15) is 0 Å². The van der Waals surface area contributed by atoms with Crippen LogP contribution < -0.4 is 10.5 Å². The van der Waals surface area contributed by atoms with Gasteiger partial charge in [-0.15, -0.1) is 0 Å². The minimum Gasteiger partial charge on any atom is -0.496 e. The van der Waals surface area contributed by atoms with Crippen molar-refractivity contribution in [2.24, 2.45) is 5.73 Å². The Morgan fingerprint density at radius 3 is 2.87 bits per heavy atom. The molecule has 1 aliphatic rings. The number of ether oxygens (including phenoxy) is 1. The van der Waals surface area contributed by atoms with Crippen LogP contribution in [0.15, 0.2) is 24.3 Å². The Balaban J connectivity index is 2.25. The molecule has 1 aliphatic carbocycles. The SMILES string of the molecule is COc1cc(/C=C/CN)ccc1C1CC1. The number of rotatable bonds is 4. The zero-order chi connectivity index (χ0) is 10.7. The molecule has 2 N–H and O–H groups in total. The largest absolute Gasteiger partial charge is 0.496 e. The van der Waals surface area contributed by atoms with E-state index >= 15 is 0 Å². The first-order valence-corrected chi connectivity index (χ1v) is 5.39. The Labute approximate surface area is 90.7 Å². The Kier molecular flexibility index (Phi) is 3.07. The van der Waals surface area contributed by atoms with Crippen LogP contribution in [0.1, 0.15) is 29.9 Å². The van der Waals surface area contributed by atoms with Gasteiger partial charge in [0, 0.05) is 6.54 Å². The summed E-state index contributed by atoms with van der Waals surface area (Å²) in [4.78, 5) is 0. The zero-order valence-electron chi connectivity index (χ0n) is 9.07. The van der Waals surface area contributed by atoms with Crippen molar-refractivity contribution in [3.05, 3.63) is 35.4 Å². The van der Waals surface area contributed by atoms with E-state index in [1.54, 1.807) is 7.11 Å². The fourth-order valence-electron chi connectivity index (χ4n) is 1.77. The molecule has 0 bridgehead atoms. The summed E-state index contributed by atoms with van der Waals surface area (Å²) in [5.41, 5.74) is 7.92. The predicted molar refractivity (Wildman–Crippen MR) is 63.1 cm³/mol. The lowest BCUT2D eigenvalue weighted by Crippen LogP contribution is -1.93. The predicted octanol–water partition coefficient (Wildman–Crippen LogP) is 2.54.